The number of nitrogens with zero attached hydrogens (tertiary/aromatic N) is 2. The van der Waals surface area contributed by atoms with Crippen LogP contribution in [0, 0.1) is 0 Å². The van der Waals surface area contributed by atoms with Crippen molar-refractivity contribution in [1.29, 1.82) is 0 Å². The Morgan fingerprint density at radius 1 is 1.12 bits per heavy atom. The maximum absolute atomic E-state index is 11.6. The summed E-state index contributed by atoms with van der Waals surface area (Å²) in [5, 5.41) is 10.1. The van der Waals surface area contributed by atoms with E-state index in [2.05, 4.69) is 15.5 Å². The quantitative estimate of drug-likeness (QED) is 0.843. The molecule has 0 spiro atoms. The van der Waals surface area contributed by atoms with Crippen LogP contribution in [0.4, 0.5) is 5.82 Å². The van der Waals surface area contributed by atoms with E-state index in [1.54, 1.807) is 18.3 Å². The van der Waals surface area contributed by atoms with Crippen molar-refractivity contribution in [2.75, 3.05) is 5.32 Å². The fraction of sp³-hybridized carbons (Fsp3) is 0.0833. The zero-order valence-electron chi connectivity index (χ0n) is 8.63. The van der Waals surface area contributed by atoms with Gasteiger partial charge in [0.05, 0.1) is 6.42 Å². The number of carbonyl (C=O) groups is 1. The van der Waals surface area contributed by atoms with Crippen LogP contribution < -0.4 is 5.32 Å². The molecule has 0 saturated heterocycles. The Hall–Kier alpha value is -2.23. The Bertz CT molecular complexity index is 413. The maximum Gasteiger partial charge on any atom is 0.229 e. The van der Waals surface area contributed by atoms with Crippen LogP contribution in [0.15, 0.2) is 48.7 Å². The first-order valence-corrected chi connectivity index (χ1v) is 4.96. The van der Waals surface area contributed by atoms with E-state index in [4.69, 9.17) is 0 Å². The lowest BCUT2D eigenvalue weighted by molar-refractivity contribution is -0.115. The zero-order chi connectivity index (χ0) is 11.2. The molecule has 0 aliphatic rings. The smallest absolute Gasteiger partial charge is 0.229 e. The number of carbonyl (C=O) groups excluding carboxylic acids is 1. The molecular weight excluding hydrogens is 202 g/mol. The van der Waals surface area contributed by atoms with Gasteiger partial charge in [-0.2, -0.15) is 5.10 Å². The van der Waals surface area contributed by atoms with Crippen molar-refractivity contribution in [3.05, 3.63) is 54.2 Å². The van der Waals surface area contributed by atoms with Gasteiger partial charge in [0.15, 0.2) is 5.82 Å². The zero-order valence-corrected chi connectivity index (χ0v) is 8.63. The number of hydrogen-bond acceptors (Lipinski definition) is 3. The van der Waals surface area contributed by atoms with Gasteiger partial charge in [-0.1, -0.05) is 30.3 Å². The van der Waals surface area contributed by atoms with Gasteiger partial charge in [-0.3, -0.25) is 4.79 Å². The predicted molar refractivity (Wildman–Crippen MR) is 60.8 cm³/mol. The van der Waals surface area contributed by atoms with Gasteiger partial charge in [0.2, 0.25) is 5.91 Å². The van der Waals surface area contributed by atoms with Crippen molar-refractivity contribution in [1.82, 2.24) is 10.2 Å². The van der Waals surface area contributed by atoms with Crippen molar-refractivity contribution >= 4 is 11.7 Å². The lowest BCUT2D eigenvalue weighted by Gasteiger charge is -2.02. The Kier molecular flexibility index (Phi) is 3.23. The number of amides is 1. The summed E-state index contributed by atoms with van der Waals surface area (Å²) in [4.78, 5) is 11.6. The molecule has 2 rings (SSSR count). The molecule has 4 heteroatoms. The van der Waals surface area contributed by atoms with Crippen LogP contribution in [0.25, 0.3) is 0 Å². The molecule has 1 aromatic carbocycles. The molecule has 0 bridgehead atoms. The molecule has 1 aromatic heterocycles. The van der Waals surface area contributed by atoms with E-state index in [9.17, 15) is 4.79 Å². The fourth-order valence-corrected chi connectivity index (χ4v) is 1.34. The first kappa shape index (κ1) is 10.3. The lowest BCUT2D eigenvalue weighted by atomic mass is 10.1. The number of hydrogen-bond donors (Lipinski definition) is 1. The van der Waals surface area contributed by atoms with E-state index in [1.807, 2.05) is 30.3 Å². The van der Waals surface area contributed by atoms with E-state index in [-0.39, 0.29) is 5.91 Å². The fourth-order valence-electron chi connectivity index (χ4n) is 1.34. The normalized spacial score (nSPS) is 9.75. The van der Waals surface area contributed by atoms with E-state index in [0.717, 1.165) is 5.56 Å². The summed E-state index contributed by atoms with van der Waals surface area (Å²) >= 11 is 0. The van der Waals surface area contributed by atoms with Gasteiger partial charge in [0, 0.05) is 6.20 Å². The Balaban J connectivity index is 1.95. The highest BCUT2D eigenvalue weighted by Gasteiger charge is 2.03. The van der Waals surface area contributed by atoms with Crippen LogP contribution in [0.3, 0.4) is 0 Å². The van der Waals surface area contributed by atoms with Crippen LogP contribution in [-0.2, 0) is 11.2 Å². The van der Waals surface area contributed by atoms with Gasteiger partial charge in [-0.25, -0.2) is 0 Å². The molecule has 80 valence electrons. The third kappa shape index (κ3) is 2.88. The molecule has 16 heavy (non-hydrogen) atoms. The first-order valence-electron chi connectivity index (χ1n) is 4.96. The Morgan fingerprint density at radius 2 is 1.94 bits per heavy atom. The van der Waals surface area contributed by atoms with Crippen molar-refractivity contribution in [2.45, 2.75) is 6.42 Å². The van der Waals surface area contributed by atoms with E-state index in [1.165, 1.54) is 0 Å². The van der Waals surface area contributed by atoms with Crippen molar-refractivity contribution in [3.63, 3.8) is 0 Å². The third-order valence-corrected chi connectivity index (χ3v) is 2.05. The summed E-state index contributed by atoms with van der Waals surface area (Å²) in [7, 11) is 0. The van der Waals surface area contributed by atoms with Gasteiger partial charge < -0.3 is 5.32 Å². The molecule has 0 aliphatic heterocycles. The molecule has 0 saturated carbocycles. The molecular formula is C12H11N3O. The number of rotatable bonds is 3. The first-order chi connectivity index (χ1) is 7.84. The van der Waals surface area contributed by atoms with Crippen molar-refractivity contribution in [3.8, 4) is 0 Å². The second kappa shape index (κ2) is 5.02. The summed E-state index contributed by atoms with van der Waals surface area (Å²) < 4.78 is 0. The molecule has 0 unspecified atom stereocenters. The van der Waals surface area contributed by atoms with Crippen molar-refractivity contribution < 1.29 is 4.79 Å². The highest BCUT2D eigenvalue weighted by Crippen LogP contribution is 2.03. The molecule has 0 atom stereocenters. The van der Waals surface area contributed by atoms with Gasteiger partial charge >= 0.3 is 0 Å². The predicted octanol–water partition coefficient (Wildman–Crippen LogP) is 1.66. The SMILES string of the molecule is O=C(Cc1ccccc1)Nc1cccnn1. The van der Waals surface area contributed by atoms with E-state index < -0.39 is 0 Å². The van der Waals surface area contributed by atoms with Crippen LogP contribution in [0.2, 0.25) is 0 Å². The molecule has 2 aromatic rings. The molecule has 0 radical (unpaired) electrons. The molecule has 0 aliphatic carbocycles. The highest BCUT2D eigenvalue weighted by molar-refractivity contribution is 5.91. The summed E-state index contributed by atoms with van der Waals surface area (Å²) in [5.74, 6) is 0.384. The average molecular weight is 213 g/mol. The van der Waals surface area contributed by atoms with Crippen LogP contribution >= 0.6 is 0 Å². The molecule has 4 nitrogen and oxygen atoms in total. The number of benzene rings is 1. The third-order valence-electron chi connectivity index (χ3n) is 2.05. The minimum Gasteiger partial charge on any atom is -0.309 e. The maximum atomic E-state index is 11.6. The monoisotopic (exact) mass is 213 g/mol. The highest BCUT2D eigenvalue weighted by atomic mass is 16.1. The van der Waals surface area contributed by atoms with Gasteiger partial charge in [-0.05, 0) is 17.7 Å². The number of aromatic nitrogens is 2. The van der Waals surface area contributed by atoms with E-state index >= 15 is 0 Å². The lowest BCUT2D eigenvalue weighted by Crippen LogP contribution is -2.15. The largest absolute Gasteiger partial charge is 0.309 e. The van der Waals surface area contributed by atoms with Crippen LogP contribution in [0.5, 0.6) is 0 Å². The number of anilines is 1. The Morgan fingerprint density at radius 3 is 2.62 bits per heavy atom. The standard InChI is InChI=1S/C12H11N3O/c16-12(9-10-5-2-1-3-6-10)14-11-7-4-8-13-15-11/h1-8H,9H2,(H,14,15,16). The number of nitrogens with one attached hydrogen (secondary N) is 1. The van der Waals surface area contributed by atoms with Gasteiger partial charge in [-0.15, -0.1) is 5.10 Å². The topological polar surface area (TPSA) is 54.9 Å². The summed E-state index contributed by atoms with van der Waals surface area (Å²) in [6.45, 7) is 0. The van der Waals surface area contributed by atoms with Crippen LogP contribution in [0.1, 0.15) is 5.56 Å². The van der Waals surface area contributed by atoms with Crippen LogP contribution in [-0.4, -0.2) is 16.1 Å². The van der Waals surface area contributed by atoms with E-state index in [0.29, 0.717) is 12.2 Å². The minimum absolute atomic E-state index is 0.0910. The van der Waals surface area contributed by atoms with Crippen molar-refractivity contribution in [2.24, 2.45) is 0 Å². The van der Waals surface area contributed by atoms with Gasteiger partial charge in [0.1, 0.15) is 0 Å². The minimum atomic E-state index is -0.0910. The van der Waals surface area contributed by atoms with Gasteiger partial charge in [0.25, 0.3) is 0 Å². The second-order valence-electron chi connectivity index (χ2n) is 3.32. The average Bonchev–Trinajstić information content (AvgIpc) is 2.31. The summed E-state index contributed by atoms with van der Waals surface area (Å²) in [5.41, 5.74) is 0.976. The molecule has 1 amide bonds. The molecule has 1 N–H and O–H groups in total. The molecule has 1 heterocycles. The summed E-state index contributed by atoms with van der Waals surface area (Å²) in [6.07, 6.45) is 1.91. The molecule has 0 fully saturated rings. The Labute approximate surface area is 93.3 Å². The summed E-state index contributed by atoms with van der Waals surface area (Å²) in [6, 6.07) is 13.0. The second-order valence-corrected chi connectivity index (χ2v) is 3.32.